The molecule has 0 N–H and O–H groups in total. The Kier molecular flexibility index (Phi) is 6.09. The largest absolute Gasteiger partial charge is 0.493 e. The number of benzene rings is 2. The highest BCUT2D eigenvalue weighted by atomic mass is 32.2. The van der Waals surface area contributed by atoms with E-state index in [0.717, 1.165) is 15.6 Å². The quantitative estimate of drug-likeness (QED) is 0.370. The van der Waals surface area contributed by atoms with Crippen LogP contribution in [-0.4, -0.2) is 39.8 Å². The number of thiophene rings is 1. The average molecular weight is 490 g/mol. The van der Waals surface area contributed by atoms with Gasteiger partial charge < -0.3 is 14.0 Å². The van der Waals surface area contributed by atoms with Crippen molar-refractivity contribution in [1.29, 1.82) is 0 Å². The van der Waals surface area contributed by atoms with Gasteiger partial charge in [-0.05, 0) is 54.3 Å². The molecule has 0 aliphatic heterocycles. The van der Waals surface area contributed by atoms with E-state index in [-0.39, 0.29) is 27.2 Å². The summed E-state index contributed by atoms with van der Waals surface area (Å²) < 4.78 is 57.6. The first kappa shape index (κ1) is 22.7. The van der Waals surface area contributed by atoms with Crippen LogP contribution in [0.25, 0.3) is 22.2 Å². The first-order chi connectivity index (χ1) is 15.8. The van der Waals surface area contributed by atoms with Gasteiger partial charge >= 0.3 is 0 Å². The summed E-state index contributed by atoms with van der Waals surface area (Å²) in [6.07, 6.45) is 0. The molecule has 33 heavy (non-hydrogen) atoms. The van der Waals surface area contributed by atoms with Crippen molar-refractivity contribution in [1.82, 2.24) is 10.1 Å². The van der Waals surface area contributed by atoms with E-state index in [1.54, 1.807) is 36.6 Å². The molecule has 0 atom stereocenters. The maximum Gasteiger partial charge on any atom is 0.269 e. The fraction of sp³-hybridized carbons (Fsp3) is 0.182. The molecule has 11 heteroatoms. The summed E-state index contributed by atoms with van der Waals surface area (Å²) >= 11 is 1.15. The zero-order chi connectivity index (χ0) is 23.8. The molecule has 0 radical (unpaired) electrons. The van der Waals surface area contributed by atoms with Crippen LogP contribution in [0.5, 0.6) is 11.5 Å². The van der Waals surface area contributed by atoms with E-state index in [2.05, 4.69) is 10.1 Å². The van der Waals surface area contributed by atoms with Gasteiger partial charge in [-0.1, -0.05) is 11.2 Å². The van der Waals surface area contributed by atoms with E-state index < -0.39 is 15.8 Å². The zero-order valence-electron chi connectivity index (χ0n) is 18.2. The Balaban J connectivity index is 1.69. The zero-order valence-corrected chi connectivity index (χ0v) is 19.8. The third kappa shape index (κ3) is 4.16. The van der Waals surface area contributed by atoms with Crippen LogP contribution in [0.4, 0.5) is 10.1 Å². The molecule has 0 bridgehead atoms. The highest BCUT2D eigenvalue weighted by Crippen LogP contribution is 2.37. The summed E-state index contributed by atoms with van der Waals surface area (Å²) in [4.78, 5) is 4.65. The molecule has 0 amide bonds. The van der Waals surface area contributed by atoms with Gasteiger partial charge in [-0.3, -0.25) is 4.31 Å². The molecular weight excluding hydrogens is 469 g/mol. The van der Waals surface area contributed by atoms with E-state index >= 15 is 0 Å². The minimum atomic E-state index is -4.02. The number of hydrogen-bond donors (Lipinski definition) is 0. The fourth-order valence-corrected chi connectivity index (χ4v) is 5.63. The van der Waals surface area contributed by atoms with Gasteiger partial charge in [-0.15, -0.1) is 11.3 Å². The number of methoxy groups -OCH3 is 2. The second-order valence-corrected chi connectivity index (χ2v) is 9.87. The van der Waals surface area contributed by atoms with Gasteiger partial charge in [-0.25, -0.2) is 12.8 Å². The van der Waals surface area contributed by atoms with E-state index in [1.807, 2.05) is 0 Å². The van der Waals surface area contributed by atoms with Crippen molar-refractivity contribution in [3.05, 3.63) is 59.2 Å². The van der Waals surface area contributed by atoms with Crippen LogP contribution < -0.4 is 13.8 Å². The minimum Gasteiger partial charge on any atom is -0.493 e. The molecule has 0 spiro atoms. The lowest BCUT2D eigenvalue weighted by Gasteiger charge is -2.19. The SMILES string of the molecule is COc1ccc(-c2noc(-c3sccc3S(=O)(=O)N(C)c3ccc(C)c(F)c3)n2)cc1OC. The van der Waals surface area contributed by atoms with Crippen molar-refractivity contribution in [2.75, 3.05) is 25.6 Å². The normalized spacial score (nSPS) is 11.4. The Hall–Kier alpha value is -3.44. The van der Waals surface area contributed by atoms with Crippen molar-refractivity contribution in [2.24, 2.45) is 0 Å². The molecule has 2 heterocycles. The number of anilines is 1. The van der Waals surface area contributed by atoms with Crippen molar-refractivity contribution in [2.45, 2.75) is 11.8 Å². The van der Waals surface area contributed by atoms with Crippen LogP contribution in [0.1, 0.15) is 5.56 Å². The molecule has 8 nitrogen and oxygen atoms in total. The highest BCUT2D eigenvalue weighted by Gasteiger charge is 2.29. The summed E-state index contributed by atoms with van der Waals surface area (Å²) in [5, 5.41) is 5.60. The summed E-state index contributed by atoms with van der Waals surface area (Å²) in [5.74, 6) is 0.866. The number of ether oxygens (including phenoxy) is 2. The summed E-state index contributed by atoms with van der Waals surface area (Å²) in [6.45, 7) is 1.61. The smallest absolute Gasteiger partial charge is 0.269 e. The minimum absolute atomic E-state index is 0.0153. The molecule has 0 saturated heterocycles. The lowest BCUT2D eigenvalue weighted by Crippen LogP contribution is -2.26. The Morgan fingerprint density at radius 2 is 1.82 bits per heavy atom. The predicted octanol–water partition coefficient (Wildman–Crippen LogP) is 4.75. The van der Waals surface area contributed by atoms with Gasteiger partial charge in [0.15, 0.2) is 11.5 Å². The molecule has 4 rings (SSSR count). The number of aryl methyl sites for hydroxylation is 1. The molecule has 0 unspecified atom stereocenters. The average Bonchev–Trinajstić information content (AvgIpc) is 3.50. The number of sulfonamides is 1. The third-order valence-corrected chi connectivity index (χ3v) is 7.91. The number of aromatic nitrogens is 2. The second-order valence-electron chi connectivity index (χ2n) is 7.01. The maximum absolute atomic E-state index is 14.0. The second kappa shape index (κ2) is 8.83. The molecule has 2 aromatic carbocycles. The number of hydrogen-bond acceptors (Lipinski definition) is 8. The predicted molar refractivity (Wildman–Crippen MR) is 123 cm³/mol. The van der Waals surface area contributed by atoms with Crippen LogP contribution >= 0.6 is 11.3 Å². The van der Waals surface area contributed by atoms with Crippen LogP contribution in [-0.2, 0) is 10.0 Å². The summed E-state index contributed by atoms with van der Waals surface area (Å²) in [6, 6.07) is 10.8. The van der Waals surface area contributed by atoms with Crippen LogP contribution in [0, 0.1) is 12.7 Å². The van der Waals surface area contributed by atoms with Gasteiger partial charge in [0, 0.05) is 12.6 Å². The van der Waals surface area contributed by atoms with Crippen molar-refractivity contribution >= 4 is 27.0 Å². The number of rotatable bonds is 7. The molecule has 4 aromatic rings. The Labute approximate surface area is 194 Å². The van der Waals surface area contributed by atoms with Gasteiger partial charge in [-0.2, -0.15) is 4.98 Å². The first-order valence-corrected chi connectivity index (χ1v) is 12.0. The Morgan fingerprint density at radius 1 is 1.06 bits per heavy atom. The standard InChI is InChI=1S/C22H20FN3O5S2/c1-13-5-7-15(12-16(13)23)26(2)33(27,28)19-9-10-32-20(19)22-24-21(25-31-22)14-6-8-17(29-3)18(11-14)30-4/h5-12H,1-4H3. The molecule has 2 aromatic heterocycles. The monoisotopic (exact) mass is 489 g/mol. The Morgan fingerprint density at radius 3 is 2.52 bits per heavy atom. The molecule has 0 fully saturated rings. The molecule has 0 aliphatic rings. The third-order valence-electron chi connectivity index (χ3n) is 5.05. The molecule has 0 aliphatic carbocycles. The van der Waals surface area contributed by atoms with Crippen LogP contribution in [0.15, 0.2) is 57.3 Å². The van der Waals surface area contributed by atoms with Gasteiger partial charge in [0.2, 0.25) is 5.82 Å². The molecular formula is C22H20FN3O5S2. The lowest BCUT2D eigenvalue weighted by molar-refractivity contribution is 0.355. The fourth-order valence-electron chi connectivity index (χ4n) is 3.13. The molecule has 172 valence electrons. The van der Waals surface area contributed by atoms with Gasteiger partial charge in [0.25, 0.3) is 15.9 Å². The van der Waals surface area contributed by atoms with Crippen molar-refractivity contribution in [3.63, 3.8) is 0 Å². The van der Waals surface area contributed by atoms with Gasteiger partial charge in [0.05, 0.1) is 19.9 Å². The lowest BCUT2D eigenvalue weighted by atomic mass is 10.2. The molecule has 0 saturated carbocycles. The first-order valence-electron chi connectivity index (χ1n) is 9.65. The highest BCUT2D eigenvalue weighted by molar-refractivity contribution is 7.93. The topological polar surface area (TPSA) is 94.8 Å². The maximum atomic E-state index is 14.0. The number of nitrogens with zero attached hydrogens (tertiary/aromatic N) is 3. The van der Waals surface area contributed by atoms with Crippen molar-refractivity contribution < 1.29 is 26.8 Å². The van der Waals surface area contributed by atoms with Gasteiger partial charge in [0.1, 0.15) is 15.6 Å². The van der Waals surface area contributed by atoms with E-state index in [4.69, 9.17) is 14.0 Å². The van der Waals surface area contributed by atoms with E-state index in [1.165, 1.54) is 39.5 Å². The Bertz CT molecular complexity index is 1420. The van der Waals surface area contributed by atoms with Crippen molar-refractivity contribution in [3.8, 4) is 33.7 Å². The number of halogens is 1. The summed E-state index contributed by atoms with van der Waals surface area (Å²) in [7, 11) is 0.394. The van der Waals surface area contributed by atoms with E-state index in [0.29, 0.717) is 22.6 Å². The van der Waals surface area contributed by atoms with E-state index in [9.17, 15) is 12.8 Å². The van der Waals surface area contributed by atoms with Crippen LogP contribution in [0.2, 0.25) is 0 Å². The van der Waals surface area contributed by atoms with Crippen LogP contribution in [0.3, 0.4) is 0 Å². The summed E-state index contributed by atoms with van der Waals surface area (Å²) in [5.41, 5.74) is 1.23.